The van der Waals surface area contributed by atoms with Gasteiger partial charge in [-0.3, -0.25) is 0 Å². The van der Waals surface area contributed by atoms with Crippen molar-refractivity contribution in [3.63, 3.8) is 0 Å². The van der Waals surface area contributed by atoms with Crippen LogP contribution in [-0.2, 0) is 6.54 Å². The molecule has 0 unspecified atom stereocenters. The number of thioether (sulfide) groups is 1. The van der Waals surface area contributed by atoms with Crippen LogP contribution >= 0.6 is 11.8 Å². The molecule has 0 fully saturated rings. The number of halogens is 1. The average Bonchev–Trinajstić information content (AvgIpc) is 3.17. The first-order valence-electron chi connectivity index (χ1n) is 8.94. The van der Waals surface area contributed by atoms with Gasteiger partial charge in [0.25, 0.3) is 0 Å². The Kier molecular flexibility index (Phi) is 5.17. The van der Waals surface area contributed by atoms with E-state index in [4.69, 9.17) is 0 Å². The van der Waals surface area contributed by atoms with E-state index in [1.807, 2.05) is 29.1 Å². The molecule has 5 heteroatoms. The predicted octanol–water partition coefficient (Wildman–Crippen LogP) is 5.65. The van der Waals surface area contributed by atoms with Crippen molar-refractivity contribution in [2.45, 2.75) is 11.4 Å². The number of hydrogen-bond acceptors (Lipinski definition) is 3. The summed E-state index contributed by atoms with van der Waals surface area (Å²) in [6.07, 6.45) is 3.90. The average molecular weight is 389 g/mol. The maximum atomic E-state index is 13.2. The zero-order valence-electron chi connectivity index (χ0n) is 15.5. The third-order valence-corrected chi connectivity index (χ3v) is 5.38. The number of aromatic nitrogens is 2. The van der Waals surface area contributed by atoms with Crippen LogP contribution in [0.15, 0.2) is 84.4 Å². The summed E-state index contributed by atoms with van der Waals surface area (Å²) in [7, 11) is 0. The fourth-order valence-electron chi connectivity index (χ4n) is 3.19. The van der Waals surface area contributed by atoms with Crippen molar-refractivity contribution in [2.75, 3.05) is 6.26 Å². The second kappa shape index (κ2) is 7.90. The second-order valence-electron chi connectivity index (χ2n) is 6.45. The quantitative estimate of drug-likeness (QED) is 0.432. The molecule has 3 aromatic carbocycles. The van der Waals surface area contributed by atoms with Gasteiger partial charge >= 0.3 is 0 Å². The van der Waals surface area contributed by atoms with Gasteiger partial charge < -0.3 is 5.32 Å². The third kappa shape index (κ3) is 3.66. The van der Waals surface area contributed by atoms with Crippen molar-refractivity contribution in [2.24, 2.45) is 0 Å². The van der Waals surface area contributed by atoms with Crippen LogP contribution in [0.5, 0.6) is 0 Å². The number of nitrogens with one attached hydrogen (secondary N) is 1. The maximum Gasteiger partial charge on any atom is 0.123 e. The minimum absolute atomic E-state index is 0.260. The van der Waals surface area contributed by atoms with Crippen LogP contribution in [0.2, 0.25) is 0 Å². The molecule has 0 saturated carbocycles. The first kappa shape index (κ1) is 18.3. The highest BCUT2D eigenvalue weighted by molar-refractivity contribution is 7.98. The Hall–Kier alpha value is -3.05. The lowest BCUT2D eigenvalue weighted by Gasteiger charge is -2.12. The van der Waals surface area contributed by atoms with E-state index in [1.165, 1.54) is 22.6 Å². The van der Waals surface area contributed by atoms with Crippen LogP contribution in [0.1, 0.15) is 11.1 Å². The molecule has 4 aromatic rings. The van der Waals surface area contributed by atoms with Crippen LogP contribution in [0.3, 0.4) is 0 Å². The van der Waals surface area contributed by atoms with E-state index in [2.05, 4.69) is 47.5 Å². The molecule has 1 aromatic heterocycles. The standard InChI is InChI=1S/C23H20FN3S/c1-16(25-14-17-5-3-6-20(13-17)28-2)21-7-4-8-23-22(21)15-26-27(23)19-11-9-18(24)10-12-19/h3-13,15,25H,1,14H2,2H3. The predicted molar refractivity (Wildman–Crippen MR) is 115 cm³/mol. The molecule has 1 N–H and O–H groups in total. The molecule has 1 heterocycles. The molecule has 0 bridgehead atoms. The summed E-state index contributed by atoms with van der Waals surface area (Å²) in [5, 5.41) is 8.93. The molecule has 0 aliphatic carbocycles. The zero-order valence-corrected chi connectivity index (χ0v) is 16.3. The lowest BCUT2D eigenvalue weighted by molar-refractivity contribution is 0.627. The van der Waals surface area contributed by atoms with Gasteiger partial charge in [-0.15, -0.1) is 11.8 Å². The fourth-order valence-corrected chi connectivity index (χ4v) is 3.67. The number of fused-ring (bicyclic) bond motifs is 1. The van der Waals surface area contributed by atoms with E-state index in [-0.39, 0.29) is 5.82 Å². The van der Waals surface area contributed by atoms with Gasteiger partial charge in [0, 0.05) is 28.1 Å². The molecular formula is C23H20FN3S. The van der Waals surface area contributed by atoms with Gasteiger partial charge in [0.1, 0.15) is 5.82 Å². The first-order chi connectivity index (χ1) is 13.7. The topological polar surface area (TPSA) is 29.9 Å². The van der Waals surface area contributed by atoms with Crippen molar-refractivity contribution in [1.82, 2.24) is 15.1 Å². The van der Waals surface area contributed by atoms with Crippen LogP contribution in [0.4, 0.5) is 4.39 Å². The number of benzene rings is 3. The Morgan fingerprint density at radius 1 is 1.11 bits per heavy atom. The fraction of sp³-hybridized carbons (Fsp3) is 0.0870. The van der Waals surface area contributed by atoms with Crippen LogP contribution < -0.4 is 5.32 Å². The number of hydrogen-bond donors (Lipinski definition) is 1. The minimum Gasteiger partial charge on any atom is -0.381 e. The monoisotopic (exact) mass is 389 g/mol. The van der Waals surface area contributed by atoms with Gasteiger partial charge in [0.2, 0.25) is 0 Å². The Bertz CT molecular complexity index is 1130. The van der Waals surface area contributed by atoms with Crippen LogP contribution in [-0.4, -0.2) is 16.0 Å². The number of rotatable bonds is 6. The lowest BCUT2D eigenvalue weighted by Crippen LogP contribution is -2.11. The largest absolute Gasteiger partial charge is 0.381 e. The van der Waals surface area contributed by atoms with E-state index >= 15 is 0 Å². The summed E-state index contributed by atoms with van der Waals surface area (Å²) in [5.41, 5.74) is 4.84. The van der Waals surface area contributed by atoms with Crippen molar-refractivity contribution >= 4 is 28.4 Å². The molecule has 0 aliphatic rings. The molecule has 140 valence electrons. The molecule has 0 spiro atoms. The Morgan fingerprint density at radius 3 is 2.68 bits per heavy atom. The first-order valence-corrected chi connectivity index (χ1v) is 10.2. The summed E-state index contributed by atoms with van der Waals surface area (Å²) >= 11 is 1.73. The van der Waals surface area contributed by atoms with Crippen LogP contribution in [0.25, 0.3) is 22.3 Å². The molecule has 0 atom stereocenters. The summed E-state index contributed by atoms with van der Waals surface area (Å²) in [4.78, 5) is 1.24. The summed E-state index contributed by atoms with van der Waals surface area (Å²) in [5.74, 6) is -0.260. The summed E-state index contributed by atoms with van der Waals surface area (Å²) < 4.78 is 15.0. The van der Waals surface area contributed by atoms with E-state index < -0.39 is 0 Å². The SMILES string of the molecule is C=C(NCc1cccc(SC)c1)c1cccc2c1cnn2-c1ccc(F)cc1. The maximum absolute atomic E-state index is 13.2. The Labute approximate surface area is 167 Å². The van der Waals surface area contributed by atoms with Gasteiger partial charge in [-0.25, -0.2) is 9.07 Å². The molecule has 3 nitrogen and oxygen atoms in total. The molecule has 0 amide bonds. The second-order valence-corrected chi connectivity index (χ2v) is 7.33. The molecular weight excluding hydrogens is 369 g/mol. The van der Waals surface area contributed by atoms with Crippen LogP contribution in [0, 0.1) is 5.82 Å². The summed E-state index contributed by atoms with van der Waals surface area (Å²) in [6, 6.07) is 20.8. The smallest absolute Gasteiger partial charge is 0.123 e. The minimum atomic E-state index is -0.260. The molecule has 28 heavy (non-hydrogen) atoms. The van der Waals surface area contributed by atoms with Crippen molar-refractivity contribution in [1.29, 1.82) is 0 Å². The van der Waals surface area contributed by atoms with Crippen molar-refractivity contribution in [3.05, 3.63) is 96.4 Å². The van der Waals surface area contributed by atoms with Crippen molar-refractivity contribution in [3.8, 4) is 5.69 Å². The van der Waals surface area contributed by atoms with Crippen molar-refractivity contribution < 1.29 is 4.39 Å². The van der Waals surface area contributed by atoms with Gasteiger partial charge in [-0.2, -0.15) is 5.10 Å². The highest BCUT2D eigenvalue weighted by atomic mass is 32.2. The molecule has 0 radical (unpaired) electrons. The van der Waals surface area contributed by atoms with E-state index in [1.54, 1.807) is 23.9 Å². The Morgan fingerprint density at radius 2 is 1.89 bits per heavy atom. The zero-order chi connectivity index (χ0) is 19.5. The highest BCUT2D eigenvalue weighted by Crippen LogP contribution is 2.25. The normalized spacial score (nSPS) is 10.9. The molecule has 4 rings (SSSR count). The summed E-state index contributed by atoms with van der Waals surface area (Å²) in [6.45, 7) is 4.93. The third-order valence-electron chi connectivity index (χ3n) is 4.65. The van der Waals surface area contributed by atoms with Gasteiger partial charge in [0.05, 0.1) is 17.4 Å². The lowest BCUT2D eigenvalue weighted by atomic mass is 10.1. The van der Waals surface area contributed by atoms with Gasteiger partial charge in [0.15, 0.2) is 0 Å². The number of nitrogens with zero attached hydrogens (tertiary/aromatic N) is 2. The van der Waals surface area contributed by atoms with E-state index in [0.29, 0.717) is 6.54 Å². The molecule has 0 saturated heterocycles. The molecule has 0 aliphatic heterocycles. The Balaban J connectivity index is 1.60. The van der Waals surface area contributed by atoms with Gasteiger partial charge in [-0.05, 0) is 54.3 Å². The van der Waals surface area contributed by atoms with E-state index in [0.717, 1.165) is 27.9 Å². The highest BCUT2D eigenvalue weighted by Gasteiger charge is 2.11. The van der Waals surface area contributed by atoms with Gasteiger partial charge in [-0.1, -0.05) is 30.8 Å². The van der Waals surface area contributed by atoms with E-state index in [9.17, 15) is 4.39 Å².